The highest BCUT2D eigenvalue weighted by Gasteiger charge is 2.23. The summed E-state index contributed by atoms with van der Waals surface area (Å²) in [5.74, 6) is 0.188. The number of carbonyl (C=O) groups is 1. The molecule has 0 bridgehead atoms. The highest BCUT2D eigenvalue weighted by atomic mass is 19.1. The van der Waals surface area contributed by atoms with Gasteiger partial charge in [-0.25, -0.2) is 19.3 Å². The Bertz CT molecular complexity index is 1350. The van der Waals surface area contributed by atoms with Gasteiger partial charge in [0.25, 0.3) is 5.91 Å². The van der Waals surface area contributed by atoms with Gasteiger partial charge in [-0.3, -0.25) is 4.79 Å². The van der Waals surface area contributed by atoms with Gasteiger partial charge in [-0.15, -0.1) is 0 Å². The molecule has 1 fully saturated rings. The first kappa shape index (κ1) is 22.9. The van der Waals surface area contributed by atoms with Gasteiger partial charge in [-0.2, -0.15) is 0 Å². The number of aryl methyl sites for hydroxylation is 1. The lowest BCUT2D eigenvalue weighted by molar-refractivity contribution is 0.0954. The number of carbonyl (C=O) groups excluding carboxylic acids is 1. The Morgan fingerprint density at radius 1 is 1.11 bits per heavy atom. The third kappa shape index (κ3) is 5.00. The second-order valence-corrected chi connectivity index (χ2v) is 8.83. The summed E-state index contributed by atoms with van der Waals surface area (Å²) in [6.07, 6.45) is 5.19. The molecule has 0 saturated carbocycles. The molecule has 2 N–H and O–H groups in total. The zero-order valence-corrected chi connectivity index (χ0v) is 19.5. The molecule has 1 aliphatic heterocycles. The van der Waals surface area contributed by atoms with Crippen molar-refractivity contribution in [3.05, 3.63) is 72.1 Å². The lowest BCUT2D eigenvalue weighted by Gasteiger charge is -2.31. The molecule has 1 amide bonds. The number of aromatic nitrogens is 4. The maximum Gasteiger partial charge on any atom is 0.251 e. The van der Waals surface area contributed by atoms with Gasteiger partial charge in [-0.1, -0.05) is 0 Å². The van der Waals surface area contributed by atoms with Crippen LogP contribution in [0, 0.1) is 5.82 Å². The van der Waals surface area contributed by atoms with Gasteiger partial charge in [0.2, 0.25) is 0 Å². The molecular formula is C26H27FN6O2. The van der Waals surface area contributed by atoms with Gasteiger partial charge in [-0.05, 0) is 55.3 Å². The number of anilines is 1. The van der Waals surface area contributed by atoms with Gasteiger partial charge in [0.05, 0.1) is 23.5 Å². The van der Waals surface area contributed by atoms with Gasteiger partial charge in [0.15, 0.2) is 5.82 Å². The summed E-state index contributed by atoms with van der Waals surface area (Å²) in [5, 5.41) is 12.9. The fourth-order valence-electron chi connectivity index (χ4n) is 4.32. The Hall–Kier alpha value is -3.85. The molecular weight excluding hydrogens is 447 g/mol. The van der Waals surface area contributed by atoms with E-state index in [4.69, 9.17) is 9.97 Å². The molecule has 3 heterocycles. The van der Waals surface area contributed by atoms with Crippen LogP contribution in [0.5, 0.6) is 0 Å². The Morgan fingerprint density at radius 2 is 1.89 bits per heavy atom. The van der Waals surface area contributed by atoms with E-state index in [9.17, 15) is 14.3 Å². The van der Waals surface area contributed by atoms with Crippen molar-refractivity contribution in [2.75, 3.05) is 24.5 Å². The third-order valence-corrected chi connectivity index (χ3v) is 6.37. The number of aliphatic hydroxyl groups excluding tert-OH is 1. The number of imidazole rings is 1. The summed E-state index contributed by atoms with van der Waals surface area (Å²) < 4.78 is 15.5. The van der Waals surface area contributed by atoms with E-state index in [0.717, 1.165) is 11.3 Å². The number of piperidine rings is 1. The van der Waals surface area contributed by atoms with Crippen LogP contribution >= 0.6 is 0 Å². The molecule has 2 aromatic heterocycles. The number of halogens is 1. The van der Waals surface area contributed by atoms with Crippen LogP contribution in [-0.2, 0) is 13.5 Å². The molecule has 35 heavy (non-hydrogen) atoms. The fraction of sp³-hybridized carbons (Fsp3) is 0.308. The first-order valence-corrected chi connectivity index (χ1v) is 11.7. The van der Waals surface area contributed by atoms with E-state index in [1.165, 1.54) is 12.1 Å². The zero-order valence-electron chi connectivity index (χ0n) is 19.5. The number of nitrogens with one attached hydrogen (secondary N) is 1. The van der Waals surface area contributed by atoms with Crippen molar-refractivity contribution < 1.29 is 14.3 Å². The van der Waals surface area contributed by atoms with Gasteiger partial charge in [0, 0.05) is 56.1 Å². The number of hydrogen-bond acceptors (Lipinski definition) is 6. The lowest BCUT2D eigenvalue weighted by Crippen LogP contribution is -2.36. The van der Waals surface area contributed by atoms with Crippen molar-refractivity contribution >= 4 is 22.8 Å². The number of nitrogens with zero attached hydrogens (tertiary/aromatic N) is 5. The zero-order chi connectivity index (χ0) is 24.4. The molecule has 0 atom stereocenters. The van der Waals surface area contributed by atoms with Crippen LogP contribution in [0.3, 0.4) is 0 Å². The van der Waals surface area contributed by atoms with Crippen molar-refractivity contribution in [2.24, 2.45) is 7.05 Å². The normalized spacial score (nSPS) is 14.4. The minimum Gasteiger partial charge on any atom is -0.393 e. The highest BCUT2D eigenvalue weighted by Crippen LogP contribution is 2.32. The van der Waals surface area contributed by atoms with Crippen molar-refractivity contribution in [3.8, 4) is 11.3 Å². The van der Waals surface area contributed by atoms with Crippen molar-refractivity contribution in [2.45, 2.75) is 25.4 Å². The van der Waals surface area contributed by atoms with Gasteiger partial charge in [0.1, 0.15) is 11.5 Å². The quantitative estimate of drug-likeness (QED) is 0.446. The lowest BCUT2D eigenvalue weighted by atomic mass is 10.1. The molecule has 1 aliphatic rings. The number of amides is 1. The summed E-state index contributed by atoms with van der Waals surface area (Å²) in [4.78, 5) is 28.7. The Balaban J connectivity index is 1.44. The minimum atomic E-state index is -0.324. The van der Waals surface area contributed by atoms with Crippen LogP contribution in [0.4, 0.5) is 10.2 Å². The molecule has 0 spiro atoms. The maximum atomic E-state index is 13.6. The van der Waals surface area contributed by atoms with E-state index in [0.29, 0.717) is 67.0 Å². The predicted molar refractivity (Wildman–Crippen MR) is 132 cm³/mol. The smallest absolute Gasteiger partial charge is 0.251 e. The molecule has 0 aliphatic carbocycles. The summed E-state index contributed by atoms with van der Waals surface area (Å²) in [6, 6.07) is 11.4. The van der Waals surface area contributed by atoms with Crippen molar-refractivity contribution in [1.29, 1.82) is 0 Å². The molecule has 8 nitrogen and oxygen atoms in total. The summed E-state index contributed by atoms with van der Waals surface area (Å²) >= 11 is 0. The second kappa shape index (κ2) is 9.79. The van der Waals surface area contributed by atoms with Crippen LogP contribution < -0.4 is 10.2 Å². The van der Waals surface area contributed by atoms with Crippen LogP contribution in [0.25, 0.3) is 22.3 Å². The van der Waals surface area contributed by atoms with Crippen molar-refractivity contribution in [3.63, 3.8) is 0 Å². The summed E-state index contributed by atoms with van der Waals surface area (Å²) in [6.45, 7) is 1.81. The molecule has 1 saturated heterocycles. The molecule has 0 radical (unpaired) electrons. The Labute approximate surface area is 202 Å². The molecule has 180 valence electrons. The number of benzene rings is 2. The Kier molecular flexibility index (Phi) is 6.41. The van der Waals surface area contributed by atoms with E-state index < -0.39 is 0 Å². The van der Waals surface area contributed by atoms with E-state index >= 15 is 0 Å². The van der Waals surface area contributed by atoms with E-state index in [2.05, 4.69) is 15.2 Å². The number of fused-ring (bicyclic) bond motifs is 1. The van der Waals surface area contributed by atoms with E-state index in [1.54, 1.807) is 42.9 Å². The minimum absolute atomic E-state index is 0.187. The van der Waals surface area contributed by atoms with E-state index in [1.807, 2.05) is 11.6 Å². The van der Waals surface area contributed by atoms with Crippen LogP contribution in [0.1, 0.15) is 28.9 Å². The SMILES string of the molecule is Cn1cncc1CCNC(=O)c1ccc2nc(N3CCC(O)CC3)c(-c3ccc(F)cc3)nc2c1. The largest absolute Gasteiger partial charge is 0.393 e. The van der Waals surface area contributed by atoms with E-state index in [-0.39, 0.29) is 17.8 Å². The van der Waals surface area contributed by atoms with Crippen LogP contribution in [0.2, 0.25) is 0 Å². The topological polar surface area (TPSA) is 96.2 Å². The van der Waals surface area contributed by atoms with Gasteiger partial charge < -0.3 is 19.9 Å². The second-order valence-electron chi connectivity index (χ2n) is 8.83. The number of rotatable bonds is 6. The fourth-order valence-corrected chi connectivity index (χ4v) is 4.32. The maximum absolute atomic E-state index is 13.6. The highest BCUT2D eigenvalue weighted by molar-refractivity contribution is 5.98. The number of aliphatic hydroxyl groups is 1. The van der Waals surface area contributed by atoms with Gasteiger partial charge >= 0.3 is 0 Å². The molecule has 5 rings (SSSR count). The molecule has 9 heteroatoms. The standard InChI is InChI=1S/C26H27FN6O2/c1-32-16-28-15-20(32)8-11-29-26(35)18-4-7-22-23(14-18)30-24(17-2-5-19(27)6-3-17)25(31-22)33-12-9-21(34)10-13-33/h2-7,14-16,21,34H,8-13H2,1H3,(H,29,35). The third-order valence-electron chi connectivity index (χ3n) is 6.37. The molecule has 4 aromatic rings. The first-order chi connectivity index (χ1) is 17.0. The first-order valence-electron chi connectivity index (χ1n) is 11.7. The monoisotopic (exact) mass is 474 g/mol. The Morgan fingerprint density at radius 3 is 2.60 bits per heavy atom. The predicted octanol–water partition coefficient (Wildman–Crippen LogP) is 3.10. The number of hydrogen-bond donors (Lipinski definition) is 2. The molecule has 2 aromatic carbocycles. The van der Waals surface area contributed by atoms with Crippen LogP contribution in [0.15, 0.2) is 55.0 Å². The average molecular weight is 475 g/mol. The molecule has 0 unspecified atom stereocenters. The summed E-state index contributed by atoms with van der Waals surface area (Å²) in [7, 11) is 1.92. The summed E-state index contributed by atoms with van der Waals surface area (Å²) in [5.41, 5.74) is 4.16. The van der Waals surface area contributed by atoms with Crippen LogP contribution in [-0.4, -0.2) is 56.3 Å². The average Bonchev–Trinajstić information content (AvgIpc) is 3.28. The van der Waals surface area contributed by atoms with Crippen molar-refractivity contribution in [1.82, 2.24) is 24.8 Å².